The van der Waals surface area contributed by atoms with Gasteiger partial charge in [-0.3, -0.25) is 4.79 Å². The summed E-state index contributed by atoms with van der Waals surface area (Å²) in [6, 6.07) is 11.1. The molecule has 2 aromatic carbocycles. The van der Waals surface area contributed by atoms with E-state index < -0.39 is 22.0 Å². The molecule has 0 radical (unpaired) electrons. The normalized spacial score (nSPS) is 12.5. The Balaban J connectivity index is 2.07. The van der Waals surface area contributed by atoms with Gasteiger partial charge in [0, 0.05) is 5.69 Å². The predicted octanol–water partition coefficient (Wildman–Crippen LogP) is 3.01. The molecule has 7 heteroatoms. The van der Waals surface area contributed by atoms with Crippen molar-refractivity contribution in [2.24, 2.45) is 0 Å². The van der Waals surface area contributed by atoms with E-state index in [0.717, 1.165) is 5.56 Å². The van der Waals surface area contributed by atoms with Gasteiger partial charge in [-0.1, -0.05) is 12.1 Å². The highest BCUT2D eigenvalue weighted by Gasteiger charge is 2.23. The molecular weight excluding hydrogens is 352 g/mol. The van der Waals surface area contributed by atoms with Gasteiger partial charge in [-0.15, -0.1) is 0 Å². The van der Waals surface area contributed by atoms with Crippen LogP contribution in [0.4, 0.5) is 5.69 Å². The average Bonchev–Trinajstić information content (AvgIpc) is 2.58. The minimum absolute atomic E-state index is 0.179. The lowest BCUT2D eigenvalue weighted by Crippen LogP contribution is -2.41. The molecule has 0 saturated heterocycles. The third-order valence-corrected chi connectivity index (χ3v) is 5.47. The quantitative estimate of drug-likeness (QED) is 0.778. The summed E-state index contributed by atoms with van der Waals surface area (Å²) in [5.74, 6) is 0.261. The first-order valence-electron chi connectivity index (χ1n) is 8.36. The van der Waals surface area contributed by atoms with Crippen molar-refractivity contribution in [2.45, 2.75) is 38.6 Å². The molecule has 0 spiro atoms. The lowest BCUT2D eigenvalue weighted by Gasteiger charge is -2.16. The fourth-order valence-corrected chi connectivity index (χ4v) is 3.93. The van der Waals surface area contributed by atoms with E-state index in [2.05, 4.69) is 10.0 Å². The molecular formula is C19H24N2O4S. The van der Waals surface area contributed by atoms with Gasteiger partial charge in [0.2, 0.25) is 15.9 Å². The number of ether oxygens (including phenoxy) is 1. The van der Waals surface area contributed by atoms with Crippen molar-refractivity contribution in [3.63, 3.8) is 0 Å². The van der Waals surface area contributed by atoms with Crippen LogP contribution < -0.4 is 14.8 Å². The summed E-state index contributed by atoms with van der Waals surface area (Å²) in [6.07, 6.45) is 0. The summed E-state index contributed by atoms with van der Waals surface area (Å²) in [6.45, 7) is 7.49. The number of carbonyl (C=O) groups excluding carboxylic acids is 1. The Hall–Kier alpha value is -2.38. The summed E-state index contributed by atoms with van der Waals surface area (Å²) in [4.78, 5) is 12.5. The van der Waals surface area contributed by atoms with Crippen LogP contribution in [0, 0.1) is 13.8 Å². The number of hydrogen-bond donors (Lipinski definition) is 2. The lowest BCUT2D eigenvalue weighted by molar-refractivity contribution is -0.117. The first-order valence-corrected chi connectivity index (χ1v) is 9.84. The van der Waals surface area contributed by atoms with Gasteiger partial charge in [0.05, 0.1) is 17.5 Å². The molecule has 1 amide bonds. The van der Waals surface area contributed by atoms with E-state index >= 15 is 0 Å². The highest BCUT2D eigenvalue weighted by molar-refractivity contribution is 7.89. The van der Waals surface area contributed by atoms with Gasteiger partial charge in [0.25, 0.3) is 0 Å². The molecule has 0 aliphatic carbocycles. The monoisotopic (exact) mass is 376 g/mol. The molecule has 140 valence electrons. The topological polar surface area (TPSA) is 84.5 Å². The maximum Gasteiger partial charge on any atom is 0.242 e. The molecule has 0 unspecified atom stereocenters. The van der Waals surface area contributed by atoms with E-state index in [1.165, 1.54) is 6.92 Å². The Morgan fingerprint density at radius 2 is 1.77 bits per heavy atom. The molecule has 0 fully saturated rings. The van der Waals surface area contributed by atoms with E-state index in [0.29, 0.717) is 23.6 Å². The number of nitrogens with one attached hydrogen (secondary N) is 2. The summed E-state index contributed by atoms with van der Waals surface area (Å²) in [5, 5.41) is 2.69. The zero-order chi connectivity index (χ0) is 19.3. The standard InChI is InChI=1S/C19H24N2O4S/c1-5-25-17-10-8-16(9-11-17)20-19(22)15(4)21-26(23,24)18-12-13(2)6-7-14(18)3/h6-12,15,21H,5H2,1-4H3,(H,20,22)/t15-/m0/s1. The van der Waals surface area contributed by atoms with Crippen LogP contribution in [-0.4, -0.2) is 27.0 Å². The maximum absolute atomic E-state index is 12.6. The van der Waals surface area contributed by atoms with Gasteiger partial charge in [0.1, 0.15) is 5.75 Å². The second-order valence-corrected chi connectivity index (χ2v) is 7.74. The average molecular weight is 376 g/mol. The van der Waals surface area contributed by atoms with Crippen molar-refractivity contribution in [1.82, 2.24) is 4.72 Å². The van der Waals surface area contributed by atoms with Crippen molar-refractivity contribution in [3.05, 3.63) is 53.6 Å². The number of anilines is 1. The fourth-order valence-electron chi connectivity index (χ4n) is 2.40. The van der Waals surface area contributed by atoms with Crippen LogP contribution >= 0.6 is 0 Å². The first kappa shape index (κ1) is 19.9. The van der Waals surface area contributed by atoms with Gasteiger partial charge >= 0.3 is 0 Å². The third-order valence-electron chi connectivity index (χ3n) is 3.79. The van der Waals surface area contributed by atoms with Crippen molar-refractivity contribution in [2.75, 3.05) is 11.9 Å². The number of aryl methyl sites for hydroxylation is 2. The van der Waals surface area contributed by atoms with E-state index in [1.54, 1.807) is 43.3 Å². The number of carbonyl (C=O) groups is 1. The Labute approximate surface area is 154 Å². The largest absolute Gasteiger partial charge is 0.494 e. The second-order valence-electron chi connectivity index (χ2n) is 6.06. The summed E-state index contributed by atoms with van der Waals surface area (Å²) < 4.78 is 32.9. The minimum Gasteiger partial charge on any atom is -0.494 e. The molecule has 6 nitrogen and oxygen atoms in total. The highest BCUT2D eigenvalue weighted by Crippen LogP contribution is 2.18. The molecule has 26 heavy (non-hydrogen) atoms. The second kappa shape index (κ2) is 8.33. The van der Waals surface area contributed by atoms with Gasteiger partial charge in [-0.05, 0) is 69.2 Å². The predicted molar refractivity (Wildman–Crippen MR) is 102 cm³/mol. The molecule has 2 rings (SSSR count). The van der Waals surface area contributed by atoms with Gasteiger partial charge in [-0.25, -0.2) is 8.42 Å². The van der Waals surface area contributed by atoms with Crippen LogP contribution in [0.15, 0.2) is 47.4 Å². The zero-order valence-corrected chi connectivity index (χ0v) is 16.2. The molecule has 1 atom stereocenters. The van der Waals surface area contributed by atoms with Crippen LogP contribution in [0.1, 0.15) is 25.0 Å². The van der Waals surface area contributed by atoms with Crippen LogP contribution in [0.5, 0.6) is 5.75 Å². The first-order chi connectivity index (χ1) is 12.2. The van der Waals surface area contributed by atoms with Crippen molar-refractivity contribution in [1.29, 1.82) is 0 Å². The number of rotatable bonds is 7. The molecule has 0 bridgehead atoms. The van der Waals surface area contributed by atoms with Crippen molar-refractivity contribution >= 4 is 21.6 Å². The van der Waals surface area contributed by atoms with Crippen molar-refractivity contribution in [3.8, 4) is 5.75 Å². The SMILES string of the molecule is CCOc1ccc(NC(=O)[C@H](C)NS(=O)(=O)c2cc(C)ccc2C)cc1. The number of amides is 1. The molecule has 0 aliphatic heterocycles. The molecule has 2 aromatic rings. The lowest BCUT2D eigenvalue weighted by atomic mass is 10.2. The van der Waals surface area contributed by atoms with Gasteiger partial charge in [-0.2, -0.15) is 4.72 Å². The van der Waals surface area contributed by atoms with E-state index in [4.69, 9.17) is 4.74 Å². The Morgan fingerprint density at radius 3 is 2.38 bits per heavy atom. The molecule has 0 aromatic heterocycles. The van der Waals surface area contributed by atoms with E-state index in [-0.39, 0.29) is 4.90 Å². The minimum atomic E-state index is -3.79. The van der Waals surface area contributed by atoms with Crippen LogP contribution in [0.2, 0.25) is 0 Å². The van der Waals surface area contributed by atoms with Crippen molar-refractivity contribution < 1.29 is 17.9 Å². The van der Waals surface area contributed by atoms with E-state index in [9.17, 15) is 13.2 Å². The summed E-state index contributed by atoms with van der Waals surface area (Å²) in [5.41, 5.74) is 2.03. The van der Waals surface area contributed by atoms with Gasteiger partial charge < -0.3 is 10.1 Å². The Bertz CT molecular complexity index is 877. The smallest absolute Gasteiger partial charge is 0.242 e. The molecule has 0 heterocycles. The molecule has 2 N–H and O–H groups in total. The van der Waals surface area contributed by atoms with Gasteiger partial charge in [0.15, 0.2) is 0 Å². The highest BCUT2D eigenvalue weighted by atomic mass is 32.2. The molecule has 0 saturated carbocycles. The number of sulfonamides is 1. The number of hydrogen-bond acceptors (Lipinski definition) is 4. The Morgan fingerprint density at radius 1 is 1.12 bits per heavy atom. The van der Waals surface area contributed by atoms with Crippen LogP contribution in [0.25, 0.3) is 0 Å². The van der Waals surface area contributed by atoms with Crippen LogP contribution in [0.3, 0.4) is 0 Å². The zero-order valence-electron chi connectivity index (χ0n) is 15.4. The number of benzene rings is 2. The summed E-state index contributed by atoms with van der Waals surface area (Å²) in [7, 11) is -3.79. The Kier molecular flexibility index (Phi) is 6.39. The fraction of sp³-hybridized carbons (Fsp3) is 0.316. The third kappa shape index (κ3) is 5.06. The summed E-state index contributed by atoms with van der Waals surface area (Å²) >= 11 is 0. The van der Waals surface area contributed by atoms with Crippen LogP contribution in [-0.2, 0) is 14.8 Å². The maximum atomic E-state index is 12.6. The van der Waals surface area contributed by atoms with E-state index in [1.807, 2.05) is 19.9 Å². The molecule has 0 aliphatic rings.